The Morgan fingerprint density at radius 3 is 2.65 bits per heavy atom. The fourth-order valence-corrected chi connectivity index (χ4v) is 2.85. The van der Waals surface area contributed by atoms with Crippen molar-refractivity contribution in [3.63, 3.8) is 0 Å². The van der Waals surface area contributed by atoms with Crippen LogP contribution < -0.4 is 14.8 Å². The minimum absolute atomic E-state index is 0.181. The summed E-state index contributed by atoms with van der Waals surface area (Å²) >= 11 is 9.27. The zero-order valence-corrected chi connectivity index (χ0v) is 16.1. The van der Waals surface area contributed by atoms with E-state index in [-0.39, 0.29) is 10.6 Å². The lowest BCUT2D eigenvalue weighted by Crippen LogP contribution is -2.30. The van der Waals surface area contributed by atoms with Crippen LogP contribution in [0.5, 0.6) is 11.5 Å². The van der Waals surface area contributed by atoms with Crippen LogP contribution in [0.4, 0.5) is 5.69 Å². The van der Waals surface area contributed by atoms with Gasteiger partial charge in [-0.05, 0) is 37.3 Å². The average Bonchev–Trinajstić information content (AvgIpc) is 2.63. The number of carbonyl (C=O) groups excluding carboxylic acids is 2. The molecule has 0 unspecified atom stereocenters. The molecule has 0 radical (unpaired) electrons. The molecular weight excluding hydrogens is 426 g/mol. The fraction of sp³-hybridized carbons (Fsp3) is 0.222. The fourth-order valence-electron chi connectivity index (χ4n) is 2.30. The molecule has 0 aliphatic carbocycles. The summed E-state index contributed by atoms with van der Waals surface area (Å²) < 4.78 is 16.8. The molecule has 3 rings (SSSR count). The lowest BCUT2D eigenvalue weighted by Gasteiger charge is -2.19. The van der Waals surface area contributed by atoms with Crippen molar-refractivity contribution >= 4 is 45.1 Å². The van der Waals surface area contributed by atoms with Crippen LogP contribution >= 0.6 is 27.5 Å². The van der Waals surface area contributed by atoms with Gasteiger partial charge in [0.05, 0.1) is 10.6 Å². The third-order valence-electron chi connectivity index (χ3n) is 3.61. The molecule has 1 atom stereocenters. The van der Waals surface area contributed by atoms with Gasteiger partial charge in [-0.2, -0.15) is 0 Å². The third kappa shape index (κ3) is 4.28. The van der Waals surface area contributed by atoms with Crippen molar-refractivity contribution < 1.29 is 23.8 Å². The van der Waals surface area contributed by atoms with E-state index in [9.17, 15) is 9.59 Å². The summed E-state index contributed by atoms with van der Waals surface area (Å²) in [6.45, 7) is 2.42. The second kappa shape index (κ2) is 7.97. The minimum atomic E-state index is -1.01. The molecule has 2 aromatic carbocycles. The summed E-state index contributed by atoms with van der Waals surface area (Å²) in [7, 11) is 0. The van der Waals surface area contributed by atoms with Gasteiger partial charge in [-0.15, -0.1) is 0 Å². The smallest absolute Gasteiger partial charge is 0.340 e. The molecule has 1 aliphatic heterocycles. The lowest BCUT2D eigenvalue weighted by molar-refractivity contribution is -0.123. The largest absolute Gasteiger partial charge is 0.486 e. The topological polar surface area (TPSA) is 73.9 Å². The van der Waals surface area contributed by atoms with Gasteiger partial charge >= 0.3 is 5.97 Å². The molecule has 136 valence electrons. The first-order chi connectivity index (χ1) is 12.4. The molecule has 0 spiro atoms. The van der Waals surface area contributed by atoms with E-state index >= 15 is 0 Å². The first kappa shape index (κ1) is 18.5. The highest BCUT2D eigenvalue weighted by molar-refractivity contribution is 9.10. The van der Waals surface area contributed by atoms with E-state index in [2.05, 4.69) is 21.2 Å². The van der Waals surface area contributed by atoms with Gasteiger partial charge in [-0.3, -0.25) is 4.79 Å². The monoisotopic (exact) mass is 439 g/mol. The number of rotatable bonds is 4. The van der Waals surface area contributed by atoms with E-state index in [4.69, 9.17) is 25.8 Å². The maximum absolute atomic E-state index is 12.3. The van der Waals surface area contributed by atoms with Crippen molar-refractivity contribution in [1.82, 2.24) is 0 Å². The Balaban J connectivity index is 1.64. The summed E-state index contributed by atoms with van der Waals surface area (Å²) in [6.07, 6.45) is -1.01. The molecule has 0 saturated carbocycles. The summed E-state index contributed by atoms with van der Waals surface area (Å²) in [4.78, 5) is 24.5. The highest BCUT2D eigenvalue weighted by atomic mass is 79.9. The molecule has 0 aromatic heterocycles. The van der Waals surface area contributed by atoms with Gasteiger partial charge in [0.2, 0.25) is 0 Å². The van der Waals surface area contributed by atoms with Crippen molar-refractivity contribution in [2.45, 2.75) is 13.0 Å². The standard InChI is InChI=1S/C18H15BrClNO5/c1-10(26-18(23)13-8-11(19)2-4-14(13)20)17(22)21-12-3-5-15-16(9-12)25-7-6-24-15/h2-5,8-10H,6-7H2,1H3,(H,21,22)/t10-/m0/s1. The molecule has 1 N–H and O–H groups in total. The van der Waals surface area contributed by atoms with Crippen molar-refractivity contribution in [1.29, 1.82) is 0 Å². The number of fused-ring (bicyclic) bond motifs is 1. The molecule has 1 heterocycles. The second-order valence-electron chi connectivity index (χ2n) is 5.52. The van der Waals surface area contributed by atoms with Gasteiger partial charge < -0.3 is 19.5 Å². The zero-order chi connectivity index (χ0) is 18.7. The third-order valence-corrected chi connectivity index (χ3v) is 4.43. The Morgan fingerprint density at radius 1 is 1.15 bits per heavy atom. The molecule has 26 heavy (non-hydrogen) atoms. The van der Waals surface area contributed by atoms with Crippen LogP contribution in [-0.2, 0) is 9.53 Å². The molecule has 6 nitrogen and oxygen atoms in total. The quantitative estimate of drug-likeness (QED) is 0.726. The van der Waals surface area contributed by atoms with Crippen LogP contribution in [0.25, 0.3) is 0 Å². The Bertz CT molecular complexity index is 857. The Kier molecular flexibility index (Phi) is 5.68. The summed E-state index contributed by atoms with van der Waals surface area (Å²) in [6, 6.07) is 9.87. The van der Waals surface area contributed by atoms with Gasteiger partial charge in [0.15, 0.2) is 17.6 Å². The second-order valence-corrected chi connectivity index (χ2v) is 6.84. The number of carbonyl (C=O) groups is 2. The zero-order valence-electron chi connectivity index (χ0n) is 13.8. The molecule has 1 amide bonds. The number of hydrogen-bond donors (Lipinski definition) is 1. The molecule has 0 fully saturated rings. The summed E-state index contributed by atoms with van der Waals surface area (Å²) in [5, 5.41) is 2.93. The molecule has 1 aliphatic rings. The number of benzene rings is 2. The SMILES string of the molecule is C[C@H](OC(=O)c1cc(Br)ccc1Cl)C(=O)Nc1ccc2c(c1)OCCO2. The van der Waals surface area contributed by atoms with E-state index in [0.717, 1.165) is 0 Å². The van der Waals surface area contributed by atoms with Gasteiger partial charge in [0, 0.05) is 16.2 Å². The molecule has 2 aromatic rings. The number of anilines is 1. The van der Waals surface area contributed by atoms with E-state index in [1.54, 1.807) is 30.3 Å². The highest BCUT2D eigenvalue weighted by Crippen LogP contribution is 2.32. The predicted octanol–water partition coefficient (Wildman–Crippen LogP) is 4.06. The van der Waals surface area contributed by atoms with Crippen molar-refractivity contribution in [2.24, 2.45) is 0 Å². The normalized spacial score (nSPS) is 13.7. The van der Waals surface area contributed by atoms with Crippen molar-refractivity contribution in [3.8, 4) is 11.5 Å². The van der Waals surface area contributed by atoms with E-state index in [0.29, 0.717) is 34.9 Å². The number of ether oxygens (including phenoxy) is 3. The van der Waals surface area contributed by atoms with E-state index in [1.807, 2.05) is 0 Å². The van der Waals surface area contributed by atoms with Crippen LogP contribution in [0.15, 0.2) is 40.9 Å². The first-order valence-electron chi connectivity index (χ1n) is 7.80. The number of halogens is 2. The van der Waals surface area contributed by atoms with Crippen LogP contribution in [0.3, 0.4) is 0 Å². The van der Waals surface area contributed by atoms with Gasteiger partial charge in [-0.25, -0.2) is 4.79 Å². The average molecular weight is 441 g/mol. The number of hydrogen-bond acceptors (Lipinski definition) is 5. The van der Waals surface area contributed by atoms with Crippen LogP contribution in [-0.4, -0.2) is 31.2 Å². The Morgan fingerprint density at radius 2 is 1.88 bits per heavy atom. The van der Waals surface area contributed by atoms with Gasteiger partial charge in [0.25, 0.3) is 5.91 Å². The van der Waals surface area contributed by atoms with Crippen molar-refractivity contribution in [3.05, 3.63) is 51.5 Å². The summed E-state index contributed by atoms with van der Waals surface area (Å²) in [5.74, 6) is 0.0277. The first-order valence-corrected chi connectivity index (χ1v) is 8.97. The number of amides is 1. The predicted molar refractivity (Wildman–Crippen MR) is 100 cm³/mol. The number of esters is 1. The van der Waals surface area contributed by atoms with Crippen molar-refractivity contribution in [2.75, 3.05) is 18.5 Å². The molecule has 8 heteroatoms. The van der Waals surface area contributed by atoms with E-state index < -0.39 is 18.0 Å². The summed E-state index contributed by atoms with van der Waals surface area (Å²) in [5.41, 5.74) is 0.697. The maximum Gasteiger partial charge on any atom is 0.340 e. The van der Waals surface area contributed by atoms with Crippen LogP contribution in [0.2, 0.25) is 5.02 Å². The van der Waals surface area contributed by atoms with Crippen LogP contribution in [0.1, 0.15) is 17.3 Å². The molecule has 0 saturated heterocycles. The van der Waals surface area contributed by atoms with Gasteiger partial charge in [-0.1, -0.05) is 27.5 Å². The lowest BCUT2D eigenvalue weighted by atomic mass is 10.2. The Hall–Kier alpha value is -2.25. The van der Waals surface area contributed by atoms with Crippen LogP contribution in [0, 0.1) is 0 Å². The minimum Gasteiger partial charge on any atom is -0.486 e. The van der Waals surface area contributed by atoms with E-state index in [1.165, 1.54) is 13.0 Å². The molecular formula is C18H15BrClNO5. The Labute approximate surface area is 163 Å². The van der Waals surface area contributed by atoms with Gasteiger partial charge in [0.1, 0.15) is 13.2 Å². The number of nitrogens with one attached hydrogen (secondary N) is 1. The maximum atomic E-state index is 12.3. The molecule has 0 bridgehead atoms. The highest BCUT2D eigenvalue weighted by Gasteiger charge is 2.21.